The van der Waals surface area contributed by atoms with Crippen LogP contribution in [0.5, 0.6) is 0 Å². The lowest BCUT2D eigenvalue weighted by molar-refractivity contribution is 0.0378. The Morgan fingerprint density at radius 2 is 1.85 bits per heavy atom. The van der Waals surface area contributed by atoms with Gasteiger partial charge in [-0.1, -0.05) is 12.1 Å². The smallest absolute Gasteiger partial charge is 0.191 e. The van der Waals surface area contributed by atoms with E-state index in [-0.39, 0.29) is 0 Å². The van der Waals surface area contributed by atoms with Crippen LogP contribution in [0.25, 0.3) is 0 Å². The van der Waals surface area contributed by atoms with Gasteiger partial charge in [0, 0.05) is 26.3 Å². The predicted molar refractivity (Wildman–Crippen MR) is 107 cm³/mol. The van der Waals surface area contributed by atoms with Crippen LogP contribution in [0.4, 0.5) is 5.69 Å². The molecule has 0 spiro atoms. The van der Waals surface area contributed by atoms with Gasteiger partial charge in [-0.25, -0.2) is 4.99 Å². The van der Waals surface area contributed by atoms with Crippen molar-refractivity contribution in [1.29, 1.82) is 0 Å². The van der Waals surface area contributed by atoms with E-state index in [1.165, 1.54) is 0 Å². The van der Waals surface area contributed by atoms with Crippen LogP contribution in [0, 0.1) is 6.92 Å². The molecule has 142 valence electrons. The zero-order chi connectivity index (χ0) is 19.2. The van der Waals surface area contributed by atoms with E-state index < -0.39 is 5.60 Å². The Morgan fingerprint density at radius 3 is 2.38 bits per heavy atom. The Hall–Kier alpha value is -2.47. The highest BCUT2D eigenvalue weighted by molar-refractivity contribution is 5.79. The highest BCUT2D eigenvalue weighted by atomic mass is 16.4. The SMILES string of the molecule is CCNC(=NCc1ccc(N(C)C)cc1)NCC(C)(O)c1ccc(C)o1. The van der Waals surface area contributed by atoms with E-state index in [4.69, 9.17) is 4.42 Å². The molecule has 1 atom stereocenters. The summed E-state index contributed by atoms with van der Waals surface area (Å²) in [6.45, 7) is 7.20. The molecule has 6 nitrogen and oxygen atoms in total. The number of hydrogen-bond donors (Lipinski definition) is 3. The standard InChI is InChI=1S/C20H30N4O2/c1-6-21-19(22-13-16-8-10-17(11-9-16)24(4)5)23-14-20(3,25)18-12-7-15(2)26-18/h7-12,25H,6,13-14H2,1-5H3,(H2,21,22,23). The summed E-state index contributed by atoms with van der Waals surface area (Å²) in [5, 5.41) is 17.0. The molecular weight excluding hydrogens is 328 g/mol. The Balaban J connectivity index is 1.99. The van der Waals surface area contributed by atoms with Gasteiger partial charge in [0.05, 0.1) is 13.1 Å². The molecule has 0 saturated heterocycles. The number of anilines is 1. The monoisotopic (exact) mass is 358 g/mol. The highest BCUT2D eigenvalue weighted by Crippen LogP contribution is 2.21. The number of guanidine groups is 1. The number of rotatable bonds is 7. The number of furan rings is 1. The summed E-state index contributed by atoms with van der Waals surface area (Å²) in [7, 11) is 4.04. The molecule has 0 aliphatic heterocycles. The third-order valence-electron chi connectivity index (χ3n) is 4.09. The minimum Gasteiger partial charge on any atom is -0.463 e. The maximum Gasteiger partial charge on any atom is 0.191 e. The Kier molecular flexibility index (Phi) is 6.69. The molecule has 26 heavy (non-hydrogen) atoms. The number of aryl methyl sites for hydroxylation is 1. The van der Waals surface area contributed by atoms with Crippen LogP contribution in [0.3, 0.4) is 0 Å². The van der Waals surface area contributed by atoms with Crippen molar-refractivity contribution < 1.29 is 9.52 Å². The minimum absolute atomic E-state index is 0.297. The lowest BCUT2D eigenvalue weighted by Gasteiger charge is -2.22. The fourth-order valence-electron chi connectivity index (χ4n) is 2.48. The van der Waals surface area contributed by atoms with Crippen LogP contribution in [-0.2, 0) is 12.1 Å². The quantitative estimate of drug-likeness (QED) is 0.524. The third kappa shape index (κ3) is 5.52. The molecule has 2 rings (SSSR count). The fourth-order valence-corrected chi connectivity index (χ4v) is 2.48. The molecular formula is C20H30N4O2. The Morgan fingerprint density at radius 1 is 1.15 bits per heavy atom. The molecule has 6 heteroatoms. The highest BCUT2D eigenvalue weighted by Gasteiger charge is 2.27. The summed E-state index contributed by atoms with van der Waals surface area (Å²) >= 11 is 0. The molecule has 3 N–H and O–H groups in total. The molecule has 0 bridgehead atoms. The van der Waals surface area contributed by atoms with Gasteiger partial charge < -0.3 is 25.1 Å². The van der Waals surface area contributed by atoms with Crippen LogP contribution in [0.1, 0.15) is 30.9 Å². The number of nitrogens with one attached hydrogen (secondary N) is 2. The molecule has 0 amide bonds. The molecule has 0 aliphatic rings. The van der Waals surface area contributed by atoms with E-state index in [0.717, 1.165) is 23.6 Å². The molecule has 0 fully saturated rings. The van der Waals surface area contributed by atoms with Crippen LogP contribution in [0.2, 0.25) is 0 Å². The predicted octanol–water partition coefficient (Wildman–Crippen LogP) is 2.62. The largest absolute Gasteiger partial charge is 0.463 e. The first-order chi connectivity index (χ1) is 12.3. The molecule has 1 unspecified atom stereocenters. The van der Waals surface area contributed by atoms with Crippen molar-refractivity contribution in [2.45, 2.75) is 32.9 Å². The number of aliphatic imine (C=N–C) groups is 1. The lowest BCUT2D eigenvalue weighted by Crippen LogP contribution is -2.44. The zero-order valence-electron chi connectivity index (χ0n) is 16.3. The topological polar surface area (TPSA) is 73.0 Å². The van der Waals surface area contributed by atoms with Gasteiger partial charge in [-0.15, -0.1) is 0 Å². The average molecular weight is 358 g/mol. The first-order valence-corrected chi connectivity index (χ1v) is 8.89. The second kappa shape index (κ2) is 8.76. The van der Waals surface area contributed by atoms with Crippen molar-refractivity contribution in [3.05, 3.63) is 53.5 Å². The van der Waals surface area contributed by atoms with Gasteiger partial charge in [-0.3, -0.25) is 0 Å². The van der Waals surface area contributed by atoms with E-state index in [1.807, 2.05) is 34.0 Å². The lowest BCUT2D eigenvalue weighted by atomic mass is 10.0. The second-order valence-corrected chi connectivity index (χ2v) is 6.79. The molecule has 0 aliphatic carbocycles. The zero-order valence-corrected chi connectivity index (χ0v) is 16.3. The number of nitrogens with zero attached hydrogens (tertiary/aromatic N) is 2. The van der Waals surface area contributed by atoms with E-state index in [2.05, 4.69) is 44.8 Å². The van der Waals surface area contributed by atoms with Crippen molar-refractivity contribution in [3.8, 4) is 0 Å². The van der Waals surface area contributed by atoms with Crippen LogP contribution in [-0.4, -0.2) is 38.3 Å². The molecule has 1 aromatic heterocycles. The van der Waals surface area contributed by atoms with Crippen molar-refractivity contribution in [3.63, 3.8) is 0 Å². The average Bonchev–Trinajstić information content (AvgIpc) is 3.05. The molecule has 1 heterocycles. The minimum atomic E-state index is -1.11. The number of aliphatic hydroxyl groups is 1. The molecule has 0 radical (unpaired) electrons. The first-order valence-electron chi connectivity index (χ1n) is 8.89. The molecule has 0 saturated carbocycles. The van der Waals surface area contributed by atoms with Gasteiger partial charge in [0.2, 0.25) is 0 Å². The van der Waals surface area contributed by atoms with E-state index in [0.29, 0.717) is 24.8 Å². The van der Waals surface area contributed by atoms with Crippen LogP contribution < -0.4 is 15.5 Å². The first kappa shape index (κ1) is 19.8. The van der Waals surface area contributed by atoms with Gasteiger partial charge in [-0.2, -0.15) is 0 Å². The van der Waals surface area contributed by atoms with Crippen molar-refractivity contribution in [2.24, 2.45) is 4.99 Å². The van der Waals surface area contributed by atoms with E-state index in [9.17, 15) is 5.11 Å². The van der Waals surface area contributed by atoms with E-state index >= 15 is 0 Å². The third-order valence-corrected chi connectivity index (χ3v) is 4.09. The van der Waals surface area contributed by atoms with E-state index in [1.54, 1.807) is 13.0 Å². The maximum absolute atomic E-state index is 10.6. The maximum atomic E-state index is 10.6. The van der Waals surface area contributed by atoms with Crippen LogP contribution >= 0.6 is 0 Å². The van der Waals surface area contributed by atoms with Gasteiger partial charge >= 0.3 is 0 Å². The summed E-state index contributed by atoms with van der Waals surface area (Å²) in [6.07, 6.45) is 0. The number of benzene rings is 1. The summed E-state index contributed by atoms with van der Waals surface area (Å²) in [5.41, 5.74) is 1.17. The van der Waals surface area contributed by atoms with Gasteiger partial charge in [-0.05, 0) is 50.6 Å². The van der Waals surface area contributed by atoms with Crippen LogP contribution in [0.15, 0.2) is 45.8 Å². The van der Waals surface area contributed by atoms with Gasteiger partial charge in [0.15, 0.2) is 5.96 Å². The molecule has 1 aromatic carbocycles. The van der Waals surface area contributed by atoms with Crippen molar-refractivity contribution >= 4 is 11.6 Å². The second-order valence-electron chi connectivity index (χ2n) is 6.79. The molecule has 2 aromatic rings. The van der Waals surface area contributed by atoms with Crippen molar-refractivity contribution in [2.75, 3.05) is 32.1 Å². The van der Waals surface area contributed by atoms with Gasteiger partial charge in [0.1, 0.15) is 17.1 Å². The summed E-state index contributed by atoms with van der Waals surface area (Å²) < 4.78 is 5.55. The summed E-state index contributed by atoms with van der Waals surface area (Å²) in [5.74, 6) is 1.98. The Labute approximate surface area is 155 Å². The summed E-state index contributed by atoms with van der Waals surface area (Å²) in [6, 6.07) is 12.0. The summed E-state index contributed by atoms with van der Waals surface area (Å²) in [4.78, 5) is 6.67. The normalized spacial score (nSPS) is 14.0. The Bertz CT molecular complexity index is 718. The van der Waals surface area contributed by atoms with Crippen molar-refractivity contribution in [1.82, 2.24) is 10.6 Å². The van der Waals surface area contributed by atoms with Gasteiger partial charge in [0.25, 0.3) is 0 Å². The number of hydrogen-bond acceptors (Lipinski definition) is 4. The fraction of sp³-hybridized carbons (Fsp3) is 0.450.